The third-order valence-corrected chi connectivity index (χ3v) is 4.74. The van der Waals surface area contributed by atoms with E-state index in [1.807, 2.05) is 30.3 Å². The summed E-state index contributed by atoms with van der Waals surface area (Å²) >= 11 is 0. The molecule has 1 fully saturated rings. The van der Waals surface area contributed by atoms with E-state index in [0.717, 1.165) is 28.8 Å². The lowest BCUT2D eigenvalue weighted by molar-refractivity contribution is -0.120. The predicted molar refractivity (Wildman–Crippen MR) is 100 cm³/mol. The number of para-hydroxylation sites is 1. The molecule has 1 N–H and O–H groups in total. The molecule has 0 saturated carbocycles. The van der Waals surface area contributed by atoms with Crippen LogP contribution in [0.1, 0.15) is 12.8 Å². The molecule has 5 heteroatoms. The van der Waals surface area contributed by atoms with Gasteiger partial charge in [-0.05, 0) is 42.8 Å². The number of carbonyl (C=O) groups is 1. The van der Waals surface area contributed by atoms with E-state index in [1.54, 1.807) is 35.4 Å². The number of ether oxygens (including phenoxy) is 1. The Balaban J connectivity index is 1.46. The summed E-state index contributed by atoms with van der Waals surface area (Å²) in [5.41, 5.74) is 1.67. The van der Waals surface area contributed by atoms with Gasteiger partial charge in [-0.3, -0.25) is 9.78 Å². The van der Waals surface area contributed by atoms with Crippen molar-refractivity contribution in [3.8, 4) is 11.5 Å². The summed E-state index contributed by atoms with van der Waals surface area (Å²) in [7, 11) is 0. The number of amides is 1. The van der Waals surface area contributed by atoms with Crippen molar-refractivity contribution < 1.29 is 14.6 Å². The molecule has 0 aliphatic carbocycles. The van der Waals surface area contributed by atoms with Gasteiger partial charge in [-0.25, -0.2) is 0 Å². The summed E-state index contributed by atoms with van der Waals surface area (Å²) in [5, 5.41) is 10.5. The van der Waals surface area contributed by atoms with Gasteiger partial charge in [-0.15, -0.1) is 0 Å². The molecule has 1 unspecified atom stereocenters. The fourth-order valence-electron chi connectivity index (χ4n) is 3.33. The van der Waals surface area contributed by atoms with Crippen molar-refractivity contribution >= 4 is 22.5 Å². The van der Waals surface area contributed by atoms with Crippen LogP contribution < -0.4 is 9.64 Å². The second-order valence-corrected chi connectivity index (χ2v) is 6.57. The maximum absolute atomic E-state index is 12.3. The Morgan fingerprint density at radius 1 is 1.12 bits per heavy atom. The molecule has 5 nitrogen and oxygen atoms in total. The number of piperidine rings is 1. The first-order valence-electron chi connectivity index (χ1n) is 8.76. The van der Waals surface area contributed by atoms with E-state index in [2.05, 4.69) is 4.98 Å². The van der Waals surface area contributed by atoms with Crippen molar-refractivity contribution in [3.63, 3.8) is 0 Å². The lowest BCUT2D eigenvalue weighted by Gasteiger charge is -2.32. The molecule has 2 aromatic carbocycles. The molecule has 1 amide bonds. The number of nitrogens with zero attached hydrogens (tertiary/aromatic N) is 2. The fourth-order valence-corrected chi connectivity index (χ4v) is 3.33. The molecule has 1 aliphatic heterocycles. The van der Waals surface area contributed by atoms with Crippen LogP contribution in [0.4, 0.5) is 5.69 Å². The van der Waals surface area contributed by atoms with Crippen LogP contribution in [0.15, 0.2) is 60.8 Å². The maximum atomic E-state index is 12.3. The number of hydrogen-bond acceptors (Lipinski definition) is 4. The highest BCUT2D eigenvalue weighted by Gasteiger charge is 2.27. The number of anilines is 1. The van der Waals surface area contributed by atoms with Gasteiger partial charge in [0.25, 0.3) is 0 Å². The summed E-state index contributed by atoms with van der Waals surface area (Å²) in [6.07, 6.45) is 3.08. The molecule has 0 radical (unpaired) electrons. The average Bonchev–Trinajstić information content (AvgIpc) is 2.68. The lowest BCUT2D eigenvalue weighted by Crippen LogP contribution is -2.41. The zero-order chi connectivity index (χ0) is 17.9. The zero-order valence-electron chi connectivity index (χ0n) is 14.3. The minimum absolute atomic E-state index is 0.110. The Bertz CT molecular complexity index is 919. The number of carbonyl (C=O) groups excluding carboxylic acids is 1. The minimum atomic E-state index is 0.110. The second-order valence-electron chi connectivity index (χ2n) is 6.57. The Morgan fingerprint density at radius 2 is 1.92 bits per heavy atom. The topological polar surface area (TPSA) is 62.7 Å². The van der Waals surface area contributed by atoms with Crippen molar-refractivity contribution in [2.24, 2.45) is 5.92 Å². The van der Waals surface area contributed by atoms with Gasteiger partial charge in [0, 0.05) is 36.2 Å². The Kier molecular flexibility index (Phi) is 4.44. The summed E-state index contributed by atoms with van der Waals surface area (Å²) in [4.78, 5) is 18.5. The van der Waals surface area contributed by atoms with Crippen molar-refractivity contribution in [2.45, 2.75) is 12.8 Å². The van der Waals surface area contributed by atoms with Crippen LogP contribution in [0.25, 0.3) is 10.9 Å². The van der Waals surface area contributed by atoms with E-state index in [1.165, 1.54) is 0 Å². The first kappa shape index (κ1) is 16.4. The van der Waals surface area contributed by atoms with Crippen LogP contribution in [0, 0.1) is 5.92 Å². The average molecular weight is 348 g/mol. The molecule has 2 heterocycles. The smallest absolute Gasteiger partial charge is 0.227 e. The molecule has 4 rings (SSSR count). The highest BCUT2D eigenvalue weighted by Crippen LogP contribution is 2.28. The van der Waals surface area contributed by atoms with Crippen LogP contribution in [-0.4, -0.2) is 29.1 Å². The number of hydrogen-bond donors (Lipinski definition) is 1. The van der Waals surface area contributed by atoms with Crippen LogP contribution >= 0.6 is 0 Å². The minimum Gasteiger partial charge on any atom is -0.508 e. The van der Waals surface area contributed by atoms with E-state index in [9.17, 15) is 9.90 Å². The van der Waals surface area contributed by atoms with Gasteiger partial charge < -0.3 is 14.7 Å². The summed E-state index contributed by atoms with van der Waals surface area (Å²) in [5.74, 6) is 1.33. The van der Waals surface area contributed by atoms with Gasteiger partial charge in [0.2, 0.25) is 5.91 Å². The number of aromatic hydroxyl groups is 1. The molecular weight excluding hydrogens is 328 g/mol. The summed E-state index contributed by atoms with van der Waals surface area (Å²) in [6, 6.07) is 16.6. The van der Waals surface area contributed by atoms with Gasteiger partial charge in [0.1, 0.15) is 17.0 Å². The monoisotopic (exact) mass is 348 g/mol. The largest absolute Gasteiger partial charge is 0.508 e. The molecule has 0 spiro atoms. The van der Waals surface area contributed by atoms with Crippen LogP contribution in [-0.2, 0) is 4.79 Å². The molecule has 3 aromatic rings. The van der Waals surface area contributed by atoms with Crippen molar-refractivity contribution in [3.05, 3.63) is 60.8 Å². The molecule has 1 aliphatic rings. The van der Waals surface area contributed by atoms with Gasteiger partial charge in [0.15, 0.2) is 0 Å². The molecule has 132 valence electrons. The highest BCUT2D eigenvalue weighted by atomic mass is 16.5. The number of phenols is 1. The van der Waals surface area contributed by atoms with Crippen LogP contribution in [0.5, 0.6) is 11.5 Å². The standard InChI is InChI=1S/C21H20N2O3/c24-18-9-7-17(8-10-18)23-13-15(6-11-20(23)25)14-26-19-5-1-3-16-4-2-12-22-21(16)19/h1-5,7-10,12,15,24H,6,11,13-14H2. The van der Waals surface area contributed by atoms with Crippen molar-refractivity contribution in [1.82, 2.24) is 4.98 Å². The van der Waals surface area contributed by atoms with Crippen molar-refractivity contribution in [1.29, 1.82) is 0 Å². The van der Waals surface area contributed by atoms with E-state index >= 15 is 0 Å². The van der Waals surface area contributed by atoms with Gasteiger partial charge in [0.05, 0.1) is 6.61 Å². The van der Waals surface area contributed by atoms with Crippen LogP contribution in [0.2, 0.25) is 0 Å². The Labute approximate surface area is 151 Å². The number of pyridine rings is 1. The quantitative estimate of drug-likeness (QED) is 0.780. The molecular formula is C21H20N2O3. The summed E-state index contributed by atoms with van der Waals surface area (Å²) in [6.45, 7) is 1.15. The maximum Gasteiger partial charge on any atom is 0.227 e. The number of rotatable bonds is 4. The van der Waals surface area contributed by atoms with Crippen molar-refractivity contribution in [2.75, 3.05) is 18.1 Å². The Hall–Kier alpha value is -3.08. The SMILES string of the molecule is O=C1CCC(COc2cccc3cccnc23)CN1c1ccc(O)cc1. The number of phenolic OH excluding ortho intramolecular Hbond substituents is 1. The Morgan fingerprint density at radius 3 is 2.77 bits per heavy atom. The van der Waals surface area contributed by atoms with Gasteiger partial charge in [-0.2, -0.15) is 0 Å². The fraction of sp³-hybridized carbons (Fsp3) is 0.238. The third kappa shape index (κ3) is 3.33. The van der Waals surface area contributed by atoms with E-state index in [-0.39, 0.29) is 17.6 Å². The molecule has 1 atom stereocenters. The van der Waals surface area contributed by atoms with E-state index in [4.69, 9.17) is 4.74 Å². The molecule has 1 saturated heterocycles. The molecule has 1 aromatic heterocycles. The predicted octanol–water partition coefficient (Wildman–Crippen LogP) is 3.76. The molecule has 26 heavy (non-hydrogen) atoms. The summed E-state index contributed by atoms with van der Waals surface area (Å²) < 4.78 is 6.06. The number of aromatic nitrogens is 1. The van der Waals surface area contributed by atoms with E-state index in [0.29, 0.717) is 19.6 Å². The van der Waals surface area contributed by atoms with Crippen LogP contribution in [0.3, 0.4) is 0 Å². The number of fused-ring (bicyclic) bond motifs is 1. The third-order valence-electron chi connectivity index (χ3n) is 4.74. The van der Waals surface area contributed by atoms with Gasteiger partial charge in [-0.1, -0.05) is 18.2 Å². The number of benzene rings is 2. The highest BCUT2D eigenvalue weighted by molar-refractivity contribution is 5.94. The lowest BCUT2D eigenvalue weighted by atomic mass is 9.97. The first-order chi connectivity index (χ1) is 12.7. The normalized spacial score (nSPS) is 17.5. The van der Waals surface area contributed by atoms with E-state index < -0.39 is 0 Å². The first-order valence-corrected chi connectivity index (χ1v) is 8.76. The molecule has 0 bridgehead atoms. The second kappa shape index (κ2) is 7.04. The van der Waals surface area contributed by atoms with Gasteiger partial charge >= 0.3 is 0 Å². The zero-order valence-corrected chi connectivity index (χ0v) is 14.3.